The van der Waals surface area contributed by atoms with Crippen LogP contribution in [-0.2, 0) is 14.8 Å². The highest BCUT2D eigenvalue weighted by atomic mass is 32.2. The fourth-order valence-corrected chi connectivity index (χ4v) is 5.00. The Labute approximate surface area is 180 Å². The van der Waals surface area contributed by atoms with Gasteiger partial charge in [0.1, 0.15) is 0 Å². The van der Waals surface area contributed by atoms with Gasteiger partial charge in [-0.3, -0.25) is 4.79 Å². The number of thiocarbonyl (C=S) groups is 1. The van der Waals surface area contributed by atoms with Crippen LogP contribution in [0.15, 0.2) is 29.2 Å². The number of hydrogen-bond acceptors (Lipinski definition) is 4. The first kappa shape index (κ1) is 23.8. The Bertz CT molecular complexity index is 758. The molecule has 1 saturated carbocycles. The van der Waals surface area contributed by atoms with E-state index in [4.69, 9.17) is 12.2 Å². The van der Waals surface area contributed by atoms with Gasteiger partial charge < -0.3 is 10.6 Å². The molecule has 1 fully saturated rings. The second kappa shape index (κ2) is 12.2. The Morgan fingerprint density at radius 1 is 1.03 bits per heavy atom. The standard InChI is InChI=1S/C21H33N3O3S2/c1-2-3-4-5-9-12-20(25)23-21(28)22-17-13-15-19(16-14-17)29(26,27)24-18-10-7-6-8-11-18/h13-16,18,24H,2-12H2,1H3,(H2,22,23,25,28). The molecule has 8 heteroatoms. The van der Waals surface area contributed by atoms with E-state index >= 15 is 0 Å². The molecule has 2 rings (SSSR count). The van der Waals surface area contributed by atoms with E-state index in [1.807, 2.05) is 0 Å². The van der Waals surface area contributed by atoms with E-state index in [2.05, 4.69) is 22.3 Å². The Morgan fingerprint density at radius 2 is 1.69 bits per heavy atom. The molecule has 0 aliphatic heterocycles. The third-order valence-electron chi connectivity index (χ3n) is 5.11. The maximum atomic E-state index is 12.5. The summed E-state index contributed by atoms with van der Waals surface area (Å²) in [7, 11) is -3.52. The summed E-state index contributed by atoms with van der Waals surface area (Å²) in [6.45, 7) is 2.16. The lowest BCUT2D eigenvalue weighted by Crippen LogP contribution is -2.36. The van der Waals surface area contributed by atoms with Crippen LogP contribution in [0.5, 0.6) is 0 Å². The van der Waals surface area contributed by atoms with Gasteiger partial charge in [-0.2, -0.15) is 0 Å². The summed E-state index contributed by atoms with van der Waals surface area (Å²) in [5.41, 5.74) is 0.634. The van der Waals surface area contributed by atoms with Gasteiger partial charge in [0.15, 0.2) is 5.11 Å². The van der Waals surface area contributed by atoms with Crippen LogP contribution in [0.3, 0.4) is 0 Å². The molecule has 1 aliphatic carbocycles. The van der Waals surface area contributed by atoms with Crippen molar-refractivity contribution in [3.05, 3.63) is 24.3 Å². The van der Waals surface area contributed by atoms with Crippen LogP contribution >= 0.6 is 12.2 Å². The fraction of sp³-hybridized carbons (Fsp3) is 0.619. The number of anilines is 1. The normalized spacial score (nSPS) is 15.1. The number of carbonyl (C=O) groups is 1. The summed E-state index contributed by atoms with van der Waals surface area (Å²) in [6.07, 6.45) is 11.0. The predicted octanol–water partition coefficient (Wildman–Crippen LogP) is 4.47. The minimum absolute atomic E-state index is 0.0244. The Morgan fingerprint density at radius 3 is 2.34 bits per heavy atom. The molecular weight excluding hydrogens is 406 g/mol. The molecule has 6 nitrogen and oxygen atoms in total. The topological polar surface area (TPSA) is 87.3 Å². The van der Waals surface area contributed by atoms with E-state index in [0.29, 0.717) is 12.1 Å². The summed E-state index contributed by atoms with van der Waals surface area (Å²) >= 11 is 5.17. The Balaban J connectivity index is 1.78. The lowest BCUT2D eigenvalue weighted by molar-refractivity contribution is -0.119. The molecule has 0 spiro atoms. The zero-order valence-electron chi connectivity index (χ0n) is 17.2. The van der Waals surface area contributed by atoms with Gasteiger partial charge in [0.05, 0.1) is 4.90 Å². The quantitative estimate of drug-likeness (QED) is 0.370. The molecule has 1 aromatic carbocycles. The van der Waals surface area contributed by atoms with Gasteiger partial charge in [-0.05, 0) is 55.7 Å². The fourth-order valence-electron chi connectivity index (χ4n) is 3.47. The highest BCUT2D eigenvalue weighted by Gasteiger charge is 2.21. The number of rotatable bonds is 10. The van der Waals surface area contributed by atoms with Crippen LogP contribution in [-0.4, -0.2) is 25.5 Å². The van der Waals surface area contributed by atoms with E-state index in [0.717, 1.165) is 44.9 Å². The van der Waals surface area contributed by atoms with Crippen LogP contribution in [0, 0.1) is 0 Å². The average molecular weight is 440 g/mol. The van der Waals surface area contributed by atoms with Gasteiger partial charge in [0.2, 0.25) is 15.9 Å². The lowest BCUT2D eigenvalue weighted by Gasteiger charge is -2.22. The van der Waals surface area contributed by atoms with Crippen molar-refractivity contribution in [1.82, 2.24) is 10.0 Å². The maximum Gasteiger partial charge on any atom is 0.240 e. The summed E-state index contributed by atoms with van der Waals surface area (Å²) in [4.78, 5) is 12.2. The lowest BCUT2D eigenvalue weighted by atomic mass is 9.96. The van der Waals surface area contributed by atoms with E-state index < -0.39 is 10.0 Å². The highest BCUT2D eigenvalue weighted by Crippen LogP contribution is 2.20. The summed E-state index contributed by atoms with van der Waals surface area (Å²) < 4.78 is 27.9. The van der Waals surface area contributed by atoms with Crippen LogP contribution in [0.25, 0.3) is 0 Å². The van der Waals surface area contributed by atoms with Crippen molar-refractivity contribution in [2.75, 3.05) is 5.32 Å². The number of carbonyl (C=O) groups excluding carboxylic acids is 1. The number of hydrogen-bond donors (Lipinski definition) is 3. The minimum Gasteiger partial charge on any atom is -0.332 e. The number of nitrogens with one attached hydrogen (secondary N) is 3. The molecule has 1 aliphatic rings. The molecule has 3 N–H and O–H groups in total. The molecule has 0 heterocycles. The van der Waals surface area contributed by atoms with E-state index in [1.165, 1.54) is 19.3 Å². The molecular formula is C21H33N3O3S2. The zero-order valence-corrected chi connectivity index (χ0v) is 18.8. The molecule has 0 aromatic heterocycles. The molecule has 1 aromatic rings. The first-order valence-electron chi connectivity index (χ1n) is 10.6. The van der Waals surface area contributed by atoms with Crippen molar-refractivity contribution in [1.29, 1.82) is 0 Å². The molecule has 0 radical (unpaired) electrons. The van der Waals surface area contributed by atoms with Crippen molar-refractivity contribution in [2.45, 2.75) is 88.5 Å². The summed E-state index contributed by atoms with van der Waals surface area (Å²) in [6, 6.07) is 6.42. The first-order chi connectivity index (χ1) is 13.9. The number of sulfonamides is 1. The van der Waals surface area contributed by atoms with Crippen molar-refractivity contribution in [2.24, 2.45) is 0 Å². The molecule has 1 amide bonds. The zero-order chi connectivity index (χ0) is 21.1. The molecule has 0 atom stereocenters. The summed E-state index contributed by atoms with van der Waals surface area (Å²) in [5, 5.41) is 5.82. The van der Waals surface area contributed by atoms with Crippen molar-refractivity contribution in [3.63, 3.8) is 0 Å². The maximum absolute atomic E-state index is 12.5. The second-order valence-corrected chi connectivity index (χ2v) is 9.77. The SMILES string of the molecule is CCCCCCCC(=O)NC(=S)Nc1ccc(S(=O)(=O)NC2CCCCC2)cc1. The van der Waals surface area contributed by atoms with Crippen molar-refractivity contribution >= 4 is 38.9 Å². The molecule has 0 bridgehead atoms. The van der Waals surface area contributed by atoms with Crippen LogP contribution in [0.4, 0.5) is 5.69 Å². The van der Waals surface area contributed by atoms with Gasteiger partial charge in [-0.25, -0.2) is 13.1 Å². The molecule has 0 saturated heterocycles. The third-order valence-corrected chi connectivity index (χ3v) is 6.85. The Hall–Kier alpha value is -1.51. The molecule has 29 heavy (non-hydrogen) atoms. The van der Waals surface area contributed by atoms with E-state index in [1.54, 1.807) is 24.3 Å². The van der Waals surface area contributed by atoms with E-state index in [-0.39, 0.29) is 22.0 Å². The molecule has 162 valence electrons. The first-order valence-corrected chi connectivity index (χ1v) is 12.5. The van der Waals surface area contributed by atoms with Crippen LogP contribution < -0.4 is 15.4 Å². The largest absolute Gasteiger partial charge is 0.332 e. The molecule has 0 unspecified atom stereocenters. The number of unbranched alkanes of at least 4 members (excludes halogenated alkanes) is 4. The van der Waals surface area contributed by atoms with E-state index in [9.17, 15) is 13.2 Å². The van der Waals surface area contributed by atoms with Gasteiger partial charge >= 0.3 is 0 Å². The summed E-state index contributed by atoms with van der Waals surface area (Å²) in [5.74, 6) is -0.102. The monoisotopic (exact) mass is 439 g/mol. The van der Waals surface area contributed by atoms with Crippen molar-refractivity contribution in [3.8, 4) is 0 Å². The highest BCUT2D eigenvalue weighted by molar-refractivity contribution is 7.89. The third kappa shape index (κ3) is 8.80. The van der Waals surface area contributed by atoms with Crippen molar-refractivity contribution < 1.29 is 13.2 Å². The second-order valence-electron chi connectivity index (χ2n) is 7.65. The van der Waals surface area contributed by atoms with Gasteiger partial charge in [0.25, 0.3) is 0 Å². The minimum atomic E-state index is -3.52. The van der Waals surface area contributed by atoms with Gasteiger partial charge in [0, 0.05) is 18.2 Å². The number of amides is 1. The smallest absolute Gasteiger partial charge is 0.240 e. The van der Waals surface area contributed by atoms with Crippen LogP contribution in [0.1, 0.15) is 77.6 Å². The van der Waals surface area contributed by atoms with Gasteiger partial charge in [-0.15, -0.1) is 0 Å². The van der Waals surface area contributed by atoms with Crippen LogP contribution in [0.2, 0.25) is 0 Å². The Kier molecular flexibility index (Phi) is 10.0. The number of benzene rings is 1. The average Bonchev–Trinajstić information content (AvgIpc) is 2.68. The van der Waals surface area contributed by atoms with Gasteiger partial charge in [-0.1, -0.05) is 51.9 Å². The predicted molar refractivity (Wildman–Crippen MR) is 121 cm³/mol.